The van der Waals surface area contributed by atoms with Gasteiger partial charge in [-0.25, -0.2) is 9.97 Å². The maximum absolute atomic E-state index is 13.5. The molecule has 37 heavy (non-hydrogen) atoms. The largest absolute Gasteiger partial charge is 0.421 e. The summed E-state index contributed by atoms with van der Waals surface area (Å²) in [6, 6.07) is 8.58. The molecule has 2 aromatic heterocycles. The first-order chi connectivity index (χ1) is 17.4. The van der Waals surface area contributed by atoms with Crippen LogP contribution in [0.2, 0.25) is 0 Å². The molecule has 3 heterocycles. The van der Waals surface area contributed by atoms with Crippen LogP contribution >= 0.6 is 0 Å². The van der Waals surface area contributed by atoms with E-state index in [0.717, 1.165) is 11.8 Å². The summed E-state index contributed by atoms with van der Waals surface area (Å²) in [4.78, 5) is 23.5. The van der Waals surface area contributed by atoms with Crippen LogP contribution in [0.4, 0.5) is 42.1 Å². The van der Waals surface area contributed by atoms with Crippen LogP contribution in [0.3, 0.4) is 0 Å². The van der Waals surface area contributed by atoms with Gasteiger partial charge in [-0.3, -0.25) is 9.35 Å². The van der Waals surface area contributed by atoms with E-state index in [1.807, 2.05) is 0 Å². The standard InChI is InChI=1S/C20H18F3N7O.C2H6O3S/c1-24-17-11(3-2-6-25-17)9-26-18-14(20(21,22)23)10-27-19(30-18)28-13-4-5-15-12(7-13)8-16(31)29-15;1-2-6(3,4)5/h2-7,10H,8-9H2,1H3,(H,24,25)(H,29,31)(H2,26,27,28,30);2H2,1H3,(H,3,4,5). The Bertz CT molecular complexity index is 1380. The first-order valence-corrected chi connectivity index (χ1v) is 12.4. The molecule has 1 amide bonds. The highest BCUT2D eigenvalue weighted by Gasteiger charge is 2.35. The predicted octanol–water partition coefficient (Wildman–Crippen LogP) is 3.68. The number of benzene rings is 1. The summed E-state index contributed by atoms with van der Waals surface area (Å²) in [6.45, 7) is 1.45. The zero-order valence-electron chi connectivity index (χ0n) is 19.7. The Morgan fingerprint density at radius 1 is 1.16 bits per heavy atom. The average Bonchev–Trinajstić information content (AvgIpc) is 3.21. The minimum Gasteiger partial charge on any atom is -0.373 e. The number of fused-ring (bicyclic) bond motifs is 1. The fraction of sp³-hybridized carbons (Fsp3) is 0.273. The van der Waals surface area contributed by atoms with E-state index in [9.17, 15) is 26.4 Å². The smallest absolute Gasteiger partial charge is 0.373 e. The molecule has 15 heteroatoms. The lowest BCUT2D eigenvalue weighted by atomic mass is 10.1. The zero-order valence-corrected chi connectivity index (χ0v) is 20.5. The van der Waals surface area contributed by atoms with Gasteiger partial charge in [0.15, 0.2) is 0 Å². The van der Waals surface area contributed by atoms with Crippen molar-refractivity contribution in [2.75, 3.05) is 34.1 Å². The molecule has 5 N–H and O–H groups in total. The molecule has 0 unspecified atom stereocenters. The average molecular weight is 540 g/mol. The molecular formula is C22H24F3N7O4S. The number of carbonyl (C=O) groups is 1. The molecule has 0 bridgehead atoms. The third kappa shape index (κ3) is 7.75. The Labute approximate surface area is 210 Å². The van der Waals surface area contributed by atoms with Crippen molar-refractivity contribution in [2.45, 2.75) is 26.1 Å². The Hall–Kier alpha value is -3.98. The van der Waals surface area contributed by atoms with Crippen LogP contribution in [-0.4, -0.2) is 46.6 Å². The Morgan fingerprint density at radius 2 is 1.89 bits per heavy atom. The molecule has 11 nitrogen and oxygen atoms in total. The van der Waals surface area contributed by atoms with Gasteiger partial charge >= 0.3 is 6.18 Å². The van der Waals surface area contributed by atoms with E-state index in [-0.39, 0.29) is 36.4 Å². The lowest BCUT2D eigenvalue weighted by Gasteiger charge is -2.16. The fourth-order valence-electron chi connectivity index (χ4n) is 3.21. The number of hydrogen-bond donors (Lipinski definition) is 5. The molecule has 0 saturated heterocycles. The predicted molar refractivity (Wildman–Crippen MR) is 132 cm³/mol. The summed E-state index contributed by atoms with van der Waals surface area (Å²) in [5, 5.41) is 11.3. The Kier molecular flexibility index (Phi) is 8.49. The van der Waals surface area contributed by atoms with Gasteiger partial charge < -0.3 is 21.3 Å². The number of carbonyl (C=O) groups excluding carboxylic acids is 1. The second kappa shape index (κ2) is 11.4. The molecule has 0 radical (unpaired) electrons. The van der Waals surface area contributed by atoms with Crippen molar-refractivity contribution < 1.29 is 30.9 Å². The van der Waals surface area contributed by atoms with Crippen LogP contribution < -0.4 is 21.3 Å². The van der Waals surface area contributed by atoms with Gasteiger partial charge in [-0.15, -0.1) is 0 Å². The van der Waals surface area contributed by atoms with E-state index >= 15 is 0 Å². The van der Waals surface area contributed by atoms with Crippen molar-refractivity contribution in [2.24, 2.45) is 0 Å². The maximum atomic E-state index is 13.5. The molecule has 0 aliphatic carbocycles. The van der Waals surface area contributed by atoms with Gasteiger partial charge in [0.2, 0.25) is 11.9 Å². The molecular weight excluding hydrogens is 515 g/mol. The van der Waals surface area contributed by atoms with Crippen molar-refractivity contribution in [3.63, 3.8) is 0 Å². The molecule has 0 fully saturated rings. The van der Waals surface area contributed by atoms with E-state index in [4.69, 9.17) is 4.55 Å². The molecule has 1 aliphatic heterocycles. The summed E-state index contributed by atoms with van der Waals surface area (Å²) in [5.74, 6) is -0.118. The van der Waals surface area contributed by atoms with E-state index < -0.39 is 21.9 Å². The second-order valence-electron chi connectivity index (χ2n) is 7.66. The molecule has 0 atom stereocenters. The topological polar surface area (TPSA) is 158 Å². The highest BCUT2D eigenvalue weighted by molar-refractivity contribution is 7.85. The molecule has 3 aromatic rings. The van der Waals surface area contributed by atoms with Gasteiger partial charge in [-0.1, -0.05) is 6.07 Å². The minimum absolute atomic E-state index is 0.00670. The molecule has 1 aliphatic rings. The highest BCUT2D eigenvalue weighted by Crippen LogP contribution is 2.35. The molecule has 0 spiro atoms. The van der Waals surface area contributed by atoms with Crippen LogP contribution in [-0.2, 0) is 34.1 Å². The molecule has 4 rings (SSSR count). The number of nitrogens with zero attached hydrogens (tertiary/aromatic N) is 3. The van der Waals surface area contributed by atoms with Gasteiger partial charge in [0.1, 0.15) is 17.2 Å². The van der Waals surface area contributed by atoms with Crippen molar-refractivity contribution >= 4 is 45.0 Å². The zero-order chi connectivity index (χ0) is 27.2. The summed E-state index contributed by atoms with van der Waals surface area (Å²) in [5.41, 5.74) is 1.77. The molecule has 1 aromatic carbocycles. The lowest BCUT2D eigenvalue weighted by Crippen LogP contribution is -2.15. The van der Waals surface area contributed by atoms with Crippen LogP contribution in [0.15, 0.2) is 42.7 Å². The second-order valence-corrected chi connectivity index (χ2v) is 9.40. The maximum Gasteiger partial charge on any atom is 0.421 e. The number of halogens is 3. The first-order valence-electron chi connectivity index (χ1n) is 10.8. The quantitative estimate of drug-likeness (QED) is 0.281. The SMILES string of the molecule is CCS(=O)(=O)O.CNc1ncccc1CNc1nc(Nc2ccc3c(c2)CC(=O)N3)ncc1C(F)(F)F. The van der Waals surface area contributed by atoms with Crippen LogP contribution in [0.25, 0.3) is 0 Å². The van der Waals surface area contributed by atoms with E-state index in [1.54, 1.807) is 43.6 Å². The number of aromatic nitrogens is 3. The van der Waals surface area contributed by atoms with Gasteiger partial charge in [0.25, 0.3) is 10.1 Å². The summed E-state index contributed by atoms with van der Waals surface area (Å²) < 4.78 is 67.3. The highest BCUT2D eigenvalue weighted by atomic mass is 32.2. The van der Waals surface area contributed by atoms with Crippen LogP contribution in [0.5, 0.6) is 0 Å². The number of pyridine rings is 1. The van der Waals surface area contributed by atoms with Crippen molar-refractivity contribution in [1.82, 2.24) is 15.0 Å². The molecule has 198 valence electrons. The van der Waals surface area contributed by atoms with Crippen molar-refractivity contribution in [3.8, 4) is 0 Å². The van der Waals surface area contributed by atoms with E-state index in [1.165, 1.54) is 6.92 Å². The van der Waals surface area contributed by atoms with Crippen molar-refractivity contribution in [3.05, 3.63) is 59.4 Å². The summed E-state index contributed by atoms with van der Waals surface area (Å²) >= 11 is 0. The summed E-state index contributed by atoms with van der Waals surface area (Å²) in [7, 11) is -1.98. The third-order valence-electron chi connectivity index (χ3n) is 5.02. The third-order valence-corrected chi connectivity index (χ3v) is 5.75. The summed E-state index contributed by atoms with van der Waals surface area (Å²) in [6.07, 6.45) is -2.06. The molecule has 0 saturated carbocycles. The van der Waals surface area contributed by atoms with Gasteiger partial charge in [-0.2, -0.15) is 26.6 Å². The minimum atomic E-state index is -4.62. The van der Waals surface area contributed by atoms with Crippen LogP contribution in [0, 0.1) is 0 Å². The number of alkyl halides is 3. The fourth-order valence-corrected chi connectivity index (χ4v) is 3.21. The Morgan fingerprint density at radius 3 is 2.54 bits per heavy atom. The van der Waals surface area contributed by atoms with E-state index in [0.29, 0.717) is 22.8 Å². The van der Waals surface area contributed by atoms with Crippen molar-refractivity contribution in [1.29, 1.82) is 0 Å². The monoisotopic (exact) mass is 539 g/mol. The van der Waals surface area contributed by atoms with Gasteiger partial charge in [0.05, 0.1) is 12.2 Å². The van der Waals surface area contributed by atoms with Crippen LogP contribution in [0.1, 0.15) is 23.6 Å². The van der Waals surface area contributed by atoms with E-state index in [2.05, 4.69) is 36.2 Å². The Balaban J connectivity index is 0.000000568. The number of amides is 1. The number of anilines is 5. The van der Waals surface area contributed by atoms with Gasteiger partial charge in [0, 0.05) is 42.9 Å². The number of nitrogens with one attached hydrogen (secondary N) is 4. The van der Waals surface area contributed by atoms with Gasteiger partial charge in [-0.05, 0) is 36.8 Å². The normalized spacial score (nSPS) is 12.6. The number of hydrogen-bond acceptors (Lipinski definition) is 9. The first kappa shape index (κ1) is 27.6. The lowest BCUT2D eigenvalue weighted by molar-refractivity contribution is -0.137. The number of rotatable bonds is 7.